The van der Waals surface area contributed by atoms with E-state index in [9.17, 15) is 4.79 Å². The van der Waals surface area contributed by atoms with Crippen LogP contribution in [0, 0.1) is 0 Å². The number of hydrogen-bond acceptors (Lipinski definition) is 4. The minimum Gasteiger partial charge on any atom is -0.459 e. The Hall–Kier alpha value is -3.12. The van der Waals surface area contributed by atoms with Crippen molar-refractivity contribution in [3.63, 3.8) is 0 Å². The van der Waals surface area contributed by atoms with Crippen molar-refractivity contribution in [1.29, 1.82) is 0 Å². The normalized spacial score (nSPS) is 11.7. The number of nitrogens with zero attached hydrogens (tertiary/aromatic N) is 1. The van der Waals surface area contributed by atoms with Crippen molar-refractivity contribution >= 4 is 44.7 Å². The molecule has 2 aromatic carbocycles. The SMILES string of the molecule is O=C(N/C(=C/c1ccc(Br)cc1)c1nc2ccccc2o1)c1ccco1. The summed E-state index contributed by atoms with van der Waals surface area (Å²) in [7, 11) is 0. The zero-order chi connectivity index (χ0) is 17.9. The number of rotatable bonds is 4. The number of para-hydroxylation sites is 2. The number of fused-ring (bicyclic) bond motifs is 1. The molecule has 4 aromatic rings. The summed E-state index contributed by atoms with van der Waals surface area (Å²) >= 11 is 3.41. The average Bonchev–Trinajstić information content (AvgIpc) is 3.32. The molecule has 4 rings (SSSR count). The van der Waals surface area contributed by atoms with Gasteiger partial charge in [-0.2, -0.15) is 0 Å². The van der Waals surface area contributed by atoms with Crippen LogP contribution in [0.15, 0.2) is 80.2 Å². The second kappa shape index (κ2) is 7.01. The molecule has 0 radical (unpaired) electrons. The van der Waals surface area contributed by atoms with E-state index in [-0.39, 0.29) is 11.7 Å². The van der Waals surface area contributed by atoms with Gasteiger partial charge < -0.3 is 14.2 Å². The van der Waals surface area contributed by atoms with Gasteiger partial charge in [-0.1, -0.05) is 40.2 Å². The quantitative estimate of drug-likeness (QED) is 0.509. The molecule has 0 spiro atoms. The molecule has 0 aliphatic rings. The first kappa shape index (κ1) is 16.4. The number of hydrogen-bond donors (Lipinski definition) is 1. The van der Waals surface area contributed by atoms with Crippen molar-refractivity contribution in [3.8, 4) is 0 Å². The highest BCUT2D eigenvalue weighted by Crippen LogP contribution is 2.22. The topological polar surface area (TPSA) is 68.3 Å². The van der Waals surface area contributed by atoms with Gasteiger partial charge in [-0.25, -0.2) is 4.98 Å². The predicted octanol–water partition coefficient (Wildman–Crippen LogP) is 5.11. The van der Waals surface area contributed by atoms with E-state index >= 15 is 0 Å². The number of nitrogens with one attached hydrogen (secondary N) is 1. The summed E-state index contributed by atoms with van der Waals surface area (Å²) in [6.07, 6.45) is 3.25. The van der Waals surface area contributed by atoms with Gasteiger partial charge in [-0.15, -0.1) is 0 Å². The zero-order valence-electron chi connectivity index (χ0n) is 13.5. The van der Waals surface area contributed by atoms with Crippen LogP contribution in [0.4, 0.5) is 0 Å². The molecule has 6 heteroatoms. The molecule has 0 saturated carbocycles. The fraction of sp³-hybridized carbons (Fsp3) is 0. The van der Waals surface area contributed by atoms with Crippen LogP contribution in [0.3, 0.4) is 0 Å². The summed E-state index contributed by atoms with van der Waals surface area (Å²) in [5.41, 5.74) is 2.71. The minimum atomic E-state index is -0.374. The summed E-state index contributed by atoms with van der Waals surface area (Å²) in [5.74, 6) is 0.164. The highest BCUT2D eigenvalue weighted by atomic mass is 79.9. The molecule has 1 amide bonds. The second-order valence-electron chi connectivity index (χ2n) is 5.53. The van der Waals surface area contributed by atoms with Crippen LogP contribution in [0.1, 0.15) is 22.0 Å². The highest BCUT2D eigenvalue weighted by molar-refractivity contribution is 9.10. The van der Waals surface area contributed by atoms with E-state index in [0.717, 1.165) is 15.6 Å². The molecule has 2 heterocycles. The Labute approximate surface area is 157 Å². The Kier molecular flexibility index (Phi) is 4.41. The standard InChI is InChI=1S/C20H13BrN2O3/c21-14-9-7-13(8-10-14)12-16(22-19(24)18-6-3-11-25-18)20-23-15-4-1-2-5-17(15)26-20/h1-12H,(H,22,24)/b16-12+. The molecule has 0 saturated heterocycles. The van der Waals surface area contributed by atoms with Crippen LogP contribution >= 0.6 is 15.9 Å². The maximum Gasteiger partial charge on any atom is 0.291 e. The molecule has 0 unspecified atom stereocenters. The number of aromatic nitrogens is 1. The molecular formula is C20H13BrN2O3. The lowest BCUT2D eigenvalue weighted by Gasteiger charge is -2.06. The minimum absolute atomic E-state index is 0.211. The summed E-state index contributed by atoms with van der Waals surface area (Å²) in [6, 6.07) is 18.4. The maximum atomic E-state index is 12.4. The van der Waals surface area contributed by atoms with E-state index in [1.807, 2.05) is 48.5 Å². The van der Waals surface area contributed by atoms with Crippen LogP contribution in [0.5, 0.6) is 0 Å². The van der Waals surface area contributed by atoms with Crippen LogP contribution in [0.25, 0.3) is 22.9 Å². The number of amides is 1. The van der Waals surface area contributed by atoms with Crippen LogP contribution in [-0.2, 0) is 0 Å². The van der Waals surface area contributed by atoms with Gasteiger partial charge in [0.2, 0.25) is 5.89 Å². The van der Waals surface area contributed by atoms with E-state index in [1.165, 1.54) is 6.26 Å². The fourth-order valence-electron chi connectivity index (χ4n) is 2.46. The Morgan fingerprint density at radius 3 is 2.58 bits per heavy atom. The number of oxazole rings is 1. The molecule has 0 bridgehead atoms. The Morgan fingerprint density at radius 2 is 1.85 bits per heavy atom. The molecule has 128 valence electrons. The van der Waals surface area contributed by atoms with Gasteiger partial charge in [-0.05, 0) is 48.0 Å². The monoisotopic (exact) mass is 408 g/mol. The van der Waals surface area contributed by atoms with Crippen molar-refractivity contribution in [2.45, 2.75) is 0 Å². The first-order chi connectivity index (χ1) is 12.7. The molecule has 0 fully saturated rings. The summed E-state index contributed by atoms with van der Waals surface area (Å²) in [4.78, 5) is 16.9. The molecule has 0 aliphatic carbocycles. The van der Waals surface area contributed by atoms with Gasteiger partial charge in [0.25, 0.3) is 5.91 Å². The number of benzene rings is 2. The Balaban J connectivity index is 1.75. The number of carbonyl (C=O) groups excluding carboxylic acids is 1. The number of furan rings is 1. The van der Waals surface area contributed by atoms with E-state index in [4.69, 9.17) is 8.83 Å². The third-order valence-corrected chi connectivity index (χ3v) is 4.23. The van der Waals surface area contributed by atoms with Gasteiger partial charge in [-0.3, -0.25) is 4.79 Å². The van der Waals surface area contributed by atoms with Crippen molar-refractivity contribution in [1.82, 2.24) is 10.3 Å². The third kappa shape index (κ3) is 3.45. The Morgan fingerprint density at radius 1 is 1.04 bits per heavy atom. The largest absolute Gasteiger partial charge is 0.459 e. The lowest BCUT2D eigenvalue weighted by Crippen LogP contribution is -2.21. The second-order valence-corrected chi connectivity index (χ2v) is 6.44. The van der Waals surface area contributed by atoms with E-state index in [0.29, 0.717) is 17.2 Å². The van der Waals surface area contributed by atoms with Crippen LogP contribution in [0.2, 0.25) is 0 Å². The molecule has 0 atom stereocenters. The maximum absolute atomic E-state index is 12.4. The fourth-order valence-corrected chi connectivity index (χ4v) is 2.72. The van der Waals surface area contributed by atoms with Crippen molar-refractivity contribution in [3.05, 3.63) is 88.6 Å². The molecular weight excluding hydrogens is 396 g/mol. The van der Waals surface area contributed by atoms with E-state index < -0.39 is 0 Å². The summed E-state index contributed by atoms with van der Waals surface area (Å²) < 4.78 is 11.9. The first-order valence-corrected chi connectivity index (χ1v) is 8.66. The molecule has 2 aromatic heterocycles. The molecule has 0 aliphatic heterocycles. The average molecular weight is 409 g/mol. The summed E-state index contributed by atoms with van der Waals surface area (Å²) in [6.45, 7) is 0. The highest BCUT2D eigenvalue weighted by Gasteiger charge is 2.16. The lowest BCUT2D eigenvalue weighted by molar-refractivity contribution is 0.0946. The predicted molar refractivity (Wildman–Crippen MR) is 102 cm³/mol. The van der Waals surface area contributed by atoms with Crippen molar-refractivity contribution in [2.75, 3.05) is 0 Å². The molecule has 26 heavy (non-hydrogen) atoms. The van der Waals surface area contributed by atoms with Crippen molar-refractivity contribution in [2.24, 2.45) is 0 Å². The van der Waals surface area contributed by atoms with Crippen LogP contribution < -0.4 is 5.32 Å². The Bertz CT molecular complexity index is 1050. The van der Waals surface area contributed by atoms with Gasteiger partial charge in [0.05, 0.1) is 6.26 Å². The zero-order valence-corrected chi connectivity index (χ0v) is 15.1. The van der Waals surface area contributed by atoms with E-state index in [2.05, 4.69) is 26.2 Å². The van der Waals surface area contributed by atoms with Crippen molar-refractivity contribution < 1.29 is 13.6 Å². The van der Waals surface area contributed by atoms with Gasteiger partial charge in [0.1, 0.15) is 11.2 Å². The van der Waals surface area contributed by atoms with Gasteiger partial charge in [0, 0.05) is 4.47 Å². The molecule has 1 N–H and O–H groups in total. The third-order valence-electron chi connectivity index (χ3n) is 3.70. The number of halogens is 1. The lowest BCUT2D eigenvalue weighted by atomic mass is 10.2. The first-order valence-electron chi connectivity index (χ1n) is 7.87. The van der Waals surface area contributed by atoms with Gasteiger partial charge in [0.15, 0.2) is 11.3 Å². The smallest absolute Gasteiger partial charge is 0.291 e. The van der Waals surface area contributed by atoms with E-state index in [1.54, 1.807) is 18.2 Å². The summed E-state index contributed by atoms with van der Waals surface area (Å²) in [5, 5.41) is 2.82. The van der Waals surface area contributed by atoms with Crippen LogP contribution in [-0.4, -0.2) is 10.9 Å². The molecule has 5 nitrogen and oxygen atoms in total. The van der Waals surface area contributed by atoms with Gasteiger partial charge >= 0.3 is 0 Å². The number of carbonyl (C=O) groups is 1.